The van der Waals surface area contributed by atoms with Crippen molar-refractivity contribution < 1.29 is 4.79 Å². The molecule has 106 valence electrons. The van der Waals surface area contributed by atoms with Gasteiger partial charge in [0.25, 0.3) is 0 Å². The van der Waals surface area contributed by atoms with E-state index < -0.39 is 0 Å². The van der Waals surface area contributed by atoms with Crippen molar-refractivity contribution in [2.45, 2.75) is 27.3 Å². The topological polar surface area (TPSA) is 33.2 Å². The van der Waals surface area contributed by atoms with Gasteiger partial charge in [-0.1, -0.05) is 18.2 Å². The second kappa shape index (κ2) is 6.37. The van der Waals surface area contributed by atoms with E-state index in [1.807, 2.05) is 44.4 Å². The van der Waals surface area contributed by atoms with Crippen molar-refractivity contribution in [1.82, 2.24) is 4.98 Å². The Morgan fingerprint density at radius 2 is 1.95 bits per heavy atom. The summed E-state index contributed by atoms with van der Waals surface area (Å²) in [5.74, 6) is -0.133. The van der Waals surface area contributed by atoms with Gasteiger partial charge in [0.15, 0.2) is 0 Å². The highest BCUT2D eigenvalue weighted by atomic mass is 35.5. The predicted octanol–water partition coefficient (Wildman–Crippen LogP) is 3.84. The number of para-hydroxylation sites is 1. The largest absolute Gasteiger partial charge is 0.305 e. The maximum atomic E-state index is 12.2. The van der Waals surface area contributed by atoms with Crippen molar-refractivity contribution in [3.8, 4) is 0 Å². The highest BCUT2D eigenvalue weighted by molar-refractivity contribution is 7.09. The first-order valence-corrected chi connectivity index (χ1v) is 7.78. The number of rotatable bonds is 4. The summed E-state index contributed by atoms with van der Waals surface area (Å²) in [6.07, 6.45) is 0. The van der Waals surface area contributed by atoms with Crippen molar-refractivity contribution in [1.29, 1.82) is 0 Å². The van der Waals surface area contributed by atoms with Crippen LogP contribution in [-0.2, 0) is 11.3 Å². The fraction of sp³-hybridized carbons (Fsp3) is 0.333. The van der Waals surface area contributed by atoms with Crippen molar-refractivity contribution in [2.75, 3.05) is 10.8 Å². The zero-order chi connectivity index (χ0) is 14.7. The lowest BCUT2D eigenvalue weighted by Crippen LogP contribution is -2.32. The van der Waals surface area contributed by atoms with Gasteiger partial charge in [0.1, 0.15) is 5.88 Å². The Hall–Kier alpha value is -1.39. The number of hydrogen-bond donors (Lipinski definition) is 0. The molecule has 0 atom stereocenters. The molecular weight excluding hydrogens is 292 g/mol. The molecule has 2 rings (SSSR count). The Labute approximate surface area is 128 Å². The van der Waals surface area contributed by atoms with Crippen LogP contribution in [0, 0.1) is 20.8 Å². The molecule has 2 aromatic rings. The molecule has 0 bridgehead atoms. The molecule has 3 nitrogen and oxygen atoms in total. The lowest BCUT2D eigenvalue weighted by Gasteiger charge is -2.25. The Balaban J connectivity index is 2.40. The summed E-state index contributed by atoms with van der Waals surface area (Å²) in [4.78, 5) is 18.4. The molecule has 0 unspecified atom stereocenters. The van der Waals surface area contributed by atoms with Crippen molar-refractivity contribution >= 4 is 34.5 Å². The van der Waals surface area contributed by atoms with Crippen molar-refractivity contribution in [2.24, 2.45) is 0 Å². The van der Waals surface area contributed by atoms with Gasteiger partial charge in [0.2, 0.25) is 5.91 Å². The standard InChI is InChI=1S/C15H17ClN2OS/c1-10-5-4-6-11(2)15(10)18(14(19)7-16)8-13-9-20-12(3)17-13/h4-6,9H,7-8H2,1-3H3. The summed E-state index contributed by atoms with van der Waals surface area (Å²) >= 11 is 7.35. The zero-order valence-electron chi connectivity index (χ0n) is 11.8. The SMILES string of the molecule is Cc1nc(CN(C(=O)CCl)c2c(C)cccc2C)cs1. The Bertz CT molecular complexity index is 604. The van der Waals surface area contributed by atoms with Crippen LogP contribution in [-0.4, -0.2) is 16.8 Å². The van der Waals surface area contributed by atoms with E-state index in [1.165, 1.54) is 0 Å². The summed E-state index contributed by atoms with van der Waals surface area (Å²) in [5, 5.41) is 2.98. The Kier molecular flexibility index (Phi) is 4.78. The molecule has 5 heteroatoms. The number of aryl methyl sites for hydroxylation is 3. The number of aromatic nitrogens is 1. The van der Waals surface area contributed by atoms with E-state index in [0.29, 0.717) is 6.54 Å². The molecule has 0 aliphatic heterocycles. The molecule has 0 aliphatic carbocycles. The summed E-state index contributed by atoms with van der Waals surface area (Å²) < 4.78 is 0. The molecule has 0 fully saturated rings. The molecule has 1 aromatic heterocycles. The zero-order valence-corrected chi connectivity index (χ0v) is 13.4. The van der Waals surface area contributed by atoms with Crippen LogP contribution in [0.4, 0.5) is 5.69 Å². The van der Waals surface area contributed by atoms with E-state index in [1.54, 1.807) is 16.2 Å². The summed E-state index contributed by atoms with van der Waals surface area (Å²) in [6, 6.07) is 6.00. The van der Waals surface area contributed by atoms with Crippen molar-refractivity contribution in [3.63, 3.8) is 0 Å². The number of anilines is 1. The molecule has 1 heterocycles. The maximum Gasteiger partial charge on any atom is 0.242 e. The maximum absolute atomic E-state index is 12.2. The van der Waals surface area contributed by atoms with Gasteiger partial charge in [0, 0.05) is 11.1 Å². The summed E-state index contributed by atoms with van der Waals surface area (Å²) in [7, 11) is 0. The smallest absolute Gasteiger partial charge is 0.242 e. The van der Waals surface area contributed by atoms with Crippen LogP contribution in [0.15, 0.2) is 23.6 Å². The van der Waals surface area contributed by atoms with Gasteiger partial charge in [-0.3, -0.25) is 4.79 Å². The van der Waals surface area contributed by atoms with Gasteiger partial charge in [-0.2, -0.15) is 0 Å². The van der Waals surface area contributed by atoms with E-state index >= 15 is 0 Å². The molecule has 1 aromatic carbocycles. The van der Waals surface area contributed by atoms with Crippen LogP contribution in [0.25, 0.3) is 0 Å². The third-order valence-corrected chi connectivity index (χ3v) is 4.16. The lowest BCUT2D eigenvalue weighted by molar-refractivity contribution is -0.116. The Morgan fingerprint density at radius 3 is 2.45 bits per heavy atom. The van der Waals surface area contributed by atoms with E-state index in [0.717, 1.165) is 27.5 Å². The molecule has 1 amide bonds. The number of carbonyl (C=O) groups is 1. The number of amides is 1. The van der Waals surface area contributed by atoms with E-state index in [-0.39, 0.29) is 11.8 Å². The minimum absolute atomic E-state index is 0.0309. The number of hydrogen-bond acceptors (Lipinski definition) is 3. The lowest BCUT2D eigenvalue weighted by atomic mass is 10.1. The fourth-order valence-corrected chi connectivity index (χ4v) is 2.99. The monoisotopic (exact) mass is 308 g/mol. The highest BCUT2D eigenvalue weighted by Gasteiger charge is 2.19. The highest BCUT2D eigenvalue weighted by Crippen LogP contribution is 2.27. The molecule has 0 radical (unpaired) electrons. The van der Waals surface area contributed by atoms with Gasteiger partial charge in [0.05, 0.1) is 17.2 Å². The predicted molar refractivity (Wildman–Crippen MR) is 84.7 cm³/mol. The first kappa shape index (κ1) is 15.0. The third-order valence-electron chi connectivity index (χ3n) is 3.11. The molecule has 20 heavy (non-hydrogen) atoms. The number of carbonyl (C=O) groups excluding carboxylic acids is 1. The van der Waals surface area contributed by atoms with Crippen LogP contribution in [0.3, 0.4) is 0 Å². The van der Waals surface area contributed by atoms with Crippen LogP contribution >= 0.6 is 22.9 Å². The van der Waals surface area contributed by atoms with E-state index in [2.05, 4.69) is 4.98 Å². The first-order valence-electron chi connectivity index (χ1n) is 6.36. The Morgan fingerprint density at radius 1 is 1.30 bits per heavy atom. The molecule has 0 aliphatic rings. The van der Waals surface area contributed by atoms with Crippen LogP contribution in [0.5, 0.6) is 0 Å². The van der Waals surface area contributed by atoms with Gasteiger partial charge in [-0.15, -0.1) is 22.9 Å². The summed E-state index contributed by atoms with van der Waals surface area (Å²) in [5.41, 5.74) is 3.96. The normalized spacial score (nSPS) is 10.6. The minimum Gasteiger partial charge on any atom is -0.305 e. The van der Waals surface area contributed by atoms with E-state index in [4.69, 9.17) is 11.6 Å². The molecule has 0 N–H and O–H groups in total. The van der Waals surface area contributed by atoms with Gasteiger partial charge in [-0.25, -0.2) is 4.98 Å². The summed E-state index contributed by atoms with van der Waals surface area (Å²) in [6.45, 7) is 6.43. The van der Waals surface area contributed by atoms with Crippen molar-refractivity contribution in [3.05, 3.63) is 45.4 Å². The average molecular weight is 309 g/mol. The number of alkyl halides is 1. The number of nitrogens with zero attached hydrogens (tertiary/aromatic N) is 2. The second-order valence-electron chi connectivity index (χ2n) is 4.71. The van der Waals surface area contributed by atoms with Crippen LogP contribution in [0.1, 0.15) is 21.8 Å². The van der Waals surface area contributed by atoms with Gasteiger partial charge >= 0.3 is 0 Å². The van der Waals surface area contributed by atoms with Crippen LogP contribution in [0.2, 0.25) is 0 Å². The average Bonchev–Trinajstić information content (AvgIpc) is 2.82. The van der Waals surface area contributed by atoms with E-state index in [9.17, 15) is 4.79 Å². The number of thiazole rings is 1. The molecule has 0 saturated heterocycles. The third kappa shape index (κ3) is 3.19. The van der Waals surface area contributed by atoms with Gasteiger partial charge < -0.3 is 4.90 Å². The first-order chi connectivity index (χ1) is 9.52. The molecule has 0 spiro atoms. The minimum atomic E-state index is -0.102. The number of halogens is 1. The number of benzene rings is 1. The van der Waals surface area contributed by atoms with Crippen LogP contribution < -0.4 is 4.90 Å². The quantitative estimate of drug-likeness (QED) is 0.804. The fourth-order valence-electron chi connectivity index (χ4n) is 2.24. The van der Waals surface area contributed by atoms with Gasteiger partial charge in [-0.05, 0) is 31.9 Å². The second-order valence-corrected chi connectivity index (χ2v) is 6.04. The molecular formula is C15H17ClN2OS. The molecule has 0 saturated carbocycles.